The average molecular weight is 363 g/mol. The summed E-state index contributed by atoms with van der Waals surface area (Å²) in [6.45, 7) is 2.07. The van der Waals surface area contributed by atoms with Crippen molar-refractivity contribution in [1.82, 2.24) is 5.32 Å². The normalized spacial score (nSPS) is 12.7. The van der Waals surface area contributed by atoms with Crippen LogP contribution < -0.4 is 5.32 Å². The fourth-order valence-corrected chi connectivity index (χ4v) is 3.84. The highest BCUT2D eigenvalue weighted by Gasteiger charge is 2.21. The summed E-state index contributed by atoms with van der Waals surface area (Å²) in [6, 6.07) is 15.0. The Kier molecular flexibility index (Phi) is 3.96. The van der Waals surface area contributed by atoms with Crippen LogP contribution in [-0.4, -0.2) is 28.8 Å². The van der Waals surface area contributed by atoms with Gasteiger partial charge in [0.2, 0.25) is 0 Å². The second-order valence-corrected chi connectivity index (χ2v) is 6.89. The molecule has 1 amide bonds. The van der Waals surface area contributed by atoms with Crippen LogP contribution in [0, 0.1) is 6.92 Å². The Morgan fingerprint density at radius 2 is 1.62 bits per heavy atom. The highest BCUT2D eigenvalue weighted by atomic mass is 32.1. The van der Waals surface area contributed by atoms with Crippen molar-refractivity contribution in [3.63, 3.8) is 0 Å². The van der Waals surface area contributed by atoms with Gasteiger partial charge >= 0.3 is 5.97 Å². The Labute approximate surface area is 155 Å². The fraction of sp³-hybridized carbons (Fsp3) is 0.143. The summed E-state index contributed by atoms with van der Waals surface area (Å²) in [5, 5.41) is 18.0. The van der Waals surface area contributed by atoms with E-state index in [1.165, 1.54) is 5.56 Å². The van der Waals surface area contributed by atoms with Crippen molar-refractivity contribution in [2.75, 3.05) is 5.75 Å². The fourth-order valence-electron chi connectivity index (χ4n) is 3.59. The van der Waals surface area contributed by atoms with Gasteiger partial charge in [0.15, 0.2) is 0 Å². The summed E-state index contributed by atoms with van der Waals surface area (Å²) < 4.78 is 0. The van der Waals surface area contributed by atoms with E-state index in [1.54, 1.807) is 6.07 Å². The number of hydrogen-bond donors (Lipinski definition) is 3. The van der Waals surface area contributed by atoms with Crippen molar-refractivity contribution >= 4 is 56.8 Å². The lowest BCUT2D eigenvalue weighted by Crippen LogP contribution is -2.42. The Balaban J connectivity index is 1.94. The van der Waals surface area contributed by atoms with Crippen molar-refractivity contribution < 1.29 is 14.7 Å². The average Bonchev–Trinajstić information content (AvgIpc) is 2.62. The number of amides is 1. The van der Waals surface area contributed by atoms with Crippen molar-refractivity contribution in [2.45, 2.75) is 13.0 Å². The zero-order valence-electron chi connectivity index (χ0n) is 14.1. The number of benzene rings is 4. The monoisotopic (exact) mass is 363 g/mol. The summed E-state index contributed by atoms with van der Waals surface area (Å²) >= 11 is 4.01. The summed E-state index contributed by atoms with van der Waals surface area (Å²) in [5.74, 6) is -1.46. The number of carbonyl (C=O) groups is 2. The van der Waals surface area contributed by atoms with E-state index in [2.05, 4.69) is 49.1 Å². The first-order valence-electron chi connectivity index (χ1n) is 8.32. The van der Waals surface area contributed by atoms with Gasteiger partial charge in [0.25, 0.3) is 5.91 Å². The number of aryl methyl sites for hydroxylation is 1. The largest absolute Gasteiger partial charge is 0.480 e. The minimum atomic E-state index is -1.10. The second-order valence-electron chi connectivity index (χ2n) is 6.52. The molecule has 0 saturated carbocycles. The number of nitrogens with one attached hydrogen (secondary N) is 1. The maximum Gasteiger partial charge on any atom is 0.327 e. The number of aliphatic carboxylic acids is 1. The Morgan fingerprint density at radius 1 is 1.00 bits per heavy atom. The zero-order chi connectivity index (χ0) is 18.4. The predicted molar refractivity (Wildman–Crippen MR) is 108 cm³/mol. The molecule has 130 valence electrons. The molecule has 1 atom stereocenters. The molecule has 4 rings (SSSR count). The molecule has 0 aliphatic heterocycles. The molecule has 0 fully saturated rings. The molecule has 0 heterocycles. The molecule has 0 aliphatic carbocycles. The number of thiol groups is 1. The number of carbonyl (C=O) groups excluding carboxylic acids is 1. The molecular formula is C21H17NO3S. The van der Waals surface area contributed by atoms with Crippen LogP contribution in [0.25, 0.3) is 32.3 Å². The van der Waals surface area contributed by atoms with Crippen LogP contribution in [0.4, 0.5) is 0 Å². The molecule has 0 aliphatic rings. The lowest BCUT2D eigenvalue weighted by Gasteiger charge is -2.16. The van der Waals surface area contributed by atoms with Gasteiger partial charge in [-0.2, -0.15) is 12.6 Å². The molecular weight excluding hydrogens is 346 g/mol. The first kappa shape index (κ1) is 16.7. The van der Waals surface area contributed by atoms with Crippen LogP contribution >= 0.6 is 12.6 Å². The van der Waals surface area contributed by atoms with Gasteiger partial charge in [-0.15, -0.1) is 0 Å². The van der Waals surface area contributed by atoms with Crippen LogP contribution in [0.1, 0.15) is 15.9 Å². The van der Waals surface area contributed by atoms with Crippen molar-refractivity contribution in [3.05, 3.63) is 59.7 Å². The van der Waals surface area contributed by atoms with Gasteiger partial charge in [0.1, 0.15) is 6.04 Å². The first-order valence-corrected chi connectivity index (χ1v) is 8.95. The van der Waals surface area contributed by atoms with Gasteiger partial charge in [-0.25, -0.2) is 4.79 Å². The molecule has 26 heavy (non-hydrogen) atoms. The molecule has 2 N–H and O–H groups in total. The highest BCUT2D eigenvalue weighted by Crippen LogP contribution is 2.36. The minimum Gasteiger partial charge on any atom is -0.480 e. The smallest absolute Gasteiger partial charge is 0.327 e. The summed E-state index contributed by atoms with van der Waals surface area (Å²) in [5.41, 5.74) is 1.66. The highest BCUT2D eigenvalue weighted by molar-refractivity contribution is 7.80. The summed E-state index contributed by atoms with van der Waals surface area (Å²) in [6.07, 6.45) is 0. The number of hydrogen-bond acceptors (Lipinski definition) is 3. The molecule has 5 heteroatoms. The van der Waals surface area contributed by atoms with Crippen LogP contribution in [0.15, 0.2) is 48.5 Å². The third-order valence-corrected chi connectivity index (χ3v) is 5.14. The van der Waals surface area contributed by atoms with Crippen LogP contribution in [0.2, 0.25) is 0 Å². The van der Waals surface area contributed by atoms with Gasteiger partial charge in [-0.3, -0.25) is 4.79 Å². The van der Waals surface area contributed by atoms with Crippen molar-refractivity contribution in [3.8, 4) is 0 Å². The van der Waals surface area contributed by atoms with Gasteiger partial charge in [-0.05, 0) is 50.9 Å². The third kappa shape index (κ3) is 2.56. The Hall–Kier alpha value is -2.79. The van der Waals surface area contributed by atoms with E-state index in [9.17, 15) is 9.59 Å². The van der Waals surface area contributed by atoms with Crippen molar-refractivity contribution in [2.24, 2.45) is 0 Å². The van der Waals surface area contributed by atoms with E-state index >= 15 is 0 Å². The summed E-state index contributed by atoms with van der Waals surface area (Å²) in [7, 11) is 0. The number of carboxylic acids is 1. The lowest BCUT2D eigenvalue weighted by atomic mass is 9.91. The Bertz CT molecular complexity index is 1150. The van der Waals surface area contributed by atoms with Crippen molar-refractivity contribution in [1.29, 1.82) is 0 Å². The third-order valence-electron chi connectivity index (χ3n) is 4.77. The molecule has 0 saturated heterocycles. The Morgan fingerprint density at radius 3 is 2.27 bits per heavy atom. The molecule has 0 spiro atoms. The molecule has 4 nitrogen and oxygen atoms in total. The van der Waals surface area contributed by atoms with Gasteiger partial charge in [0.05, 0.1) is 0 Å². The second kappa shape index (κ2) is 6.18. The number of carboxylic acid groups (broad SMARTS) is 1. The minimum absolute atomic E-state index is 0.0339. The maximum atomic E-state index is 12.7. The molecule has 0 bridgehead atoms. The maximum absolute atomic E-state index is 12.7. The van der Waals surface area contributed by atoms with Gasteiger partial charge < -0.3 is 10.4 Å². The summed E-state index contributed by atoms with van der Waals surface area (Å²) in [4.78, 5) is 23.9. The molecule has 4 aromatic rings. The lowest BCUT2D eigenvalue weighted by molar-refractivity contribution is -0.138. The van der Waals surface area contributed by atoms with Crippen LogP contribution in [-0.2, 0) is 4.79 Å². The first-order chi connectivity index (χ1) is 12.5. The number of rotatable bonds is 4. The quantitative estimate of drug-likeness (QED) is 0.379. The van der Waals surface area contributed by atoms with Crippen LogP contribution in [0.3, 0.4) is 0 Å². The van der Waals surface area contributed by atoms with E-state index in [-0.39, 0.29) is 5.75 Å². The molecule has 0 aromatic heterocycles. The van der Waals surface area contributed by atoms with E-state index in [4.69, 9.17) is 5.11 Å². The van der Waals surface area contributed by atoms with Crippen LogP contribution in [0.5, 0.6) is 0 Å². The SMILES string of the molecule is Cc1cc2ccc3ccc(C(=O)N[C@@H](CS)C(=O)O)c4ccc(c1)c2c34. The standard InChI is InChI=1S/C21H17NO3S/c1-11-8-13-3-2-12-4-7-16(20(23)22-17(10-26)21(24)25)15-6-5-14(9-11)18(13)19(12)15/h2-9,17,26H,10H2,1H3,(H,22,23)(H,24,25)/t17-/m0/s1. The van der Waals surface area contributed by atoms with E-state index in [1.807, 2.05) is 18.2 Å². The predicted octanol–water partition coefficient (Wildman–Crippen LogP) is 4.01. The molecule has 0 radical (unpaired) electrons. The van der Waals surface area contributed by atoms with E-state index in [0.29, 0.717) is 5.56 Å². The molecule has 4 aromatic carbocycles. The zero-order valence-corrected chi connectivity index (χ0v) is 15.0. The van der Waals surface area contributed by atoms with E-state index < -0.39 is 17.9 Å². The van der Waals surface area contributed by atoms with Gasteiger partial charge in [0, 0.05) is 11.3 Å². The topological polar surface area (TPSA) is 66.4 Å². The molecule has 0 unspecified atom stereocenters. The van der Waals surface area contributed by atoms with Gasteiger partial charge in [-0.1, -0.05) is 42.5 Å². The van der Waals surface area contributed by atoms with E-state index in [0.717, 1.165) is 32.3 Å².